The molecule has 0 saturated carbocycles. The zero-order valence-corrected chi connectivity index (χ0v) is 14.0. The van der Waals surface area contributed by atoms with Crippen molar-refractivity contribution < 1.29 is 29.6 Å². The molecule has 2 aromatic carbocycles. The van der Waals surface area contributed by atoms with Crippen molar-refractivity contribution in [3.8, 4) is 17.2 Å². The van der Waals surface area contributed by atoms with E-state index in [0.717, 1.165) is 5.56 Å². The molecule has 0 aliphatic heterocycles. The molecule has 0 aliphatic carbocycles. The van der Waals surface area contributed by atoms with Crippen LogP contribution >= 0.6 is 0 Å². The summed E-state index contributed by atoms with van der Waals surface area (Å²) in [6.45, 7) is 0. The van der Waals surface area contributed by atoms with Gasteiger partial charge in [-0.1, -0.05) is 18.2 Å². The first-order valence-electron chi connectivity index (χ1n) is 7.75. The van der Waals surface area contributed by atoms with Crippen molar-refractivity contribution in [1.29, 1.82) is 0 Å². The summed E-state index contributed by atoms with van der Waals surface area (Å²) >= 11 is 0. The van der Waals surface area contributed by atoms with Crippen LogP contribution in [0.2, 0.25) is 0 Å². The largest absolute Gasteiger partial charge is 0.508 e. The number of benzene rings is 2. The van der Waals surface area contributed by atoms with Gasteiger partial charge in [0.25, 0.3) is 0 Å². The molecule has 0 radical (unpaired) electrons. The fraction of sp³-hybridized carbons (Fsp3) is 0.158. The highest BCUT2D eigenvalue weighted by molar-refractivity contribution is 5.94. The number of carbonyl (C=O) groups is 2. The van der Waals surface area contributed by atoms with Crippen LogP contribution in [0.15, 0.2) is 48.5 Å². The van der Waals surface area contributed by atoms with E-state index in [0.29, 0.717) is 5.56 Å². The van der Waals surface area contributed by atoms with Gasteiger partial charge in [-0.25, -0.2) is 4.79 Å². The number of aromatic hydroxyl groups is 3. The maximum atomic E-state index is 12.1. The lowest BCUT2D eigenvalue weighted by atomic mass is 10.1. The Balaban J connectivity index is 2.05. The van der Waals surface area contributed by atoms with Gasteiger partial charge in [-0.2, -0.15) is 0 Å². The van der Waals surface area contributed by atoms with Gasteiger partial charge >= 0.3 is 5.97 Å². The summed E-state index contributed by atoms with van der Waals surface area (Å²) < 4.78 is 4.71. The Bertz CT molecular complexity index is 813. The maximum absolute atomic E-state index is 12.1. The van der Waals surface area contributed by atoms with Crippen LogP contribution in [-0.4, -0.2) is 40.3 Å². The molecule has 26 heavy (non-hydrogen) atoms. The third kappa shape index (κ3) is 5.27. The highest BCUT2D eigenvalue weighted by atomic mass is 16.5. The van der Waals surface area contributed by atoms with Crippen molar-refractivity contribution in [1.82, 2.24) is 5.32 Å². The van der Waals surface area contributed by atoms with E-state index in [1.165, 1.54) is 49.6 Å². The minimum Gasteiger partial charge on any atom is -0.508 e. The molecule has 4 N–H and O–H groups in total. The zero-order valence-electron chi connectivity index (χ0n) is 14.0. The maximum Gasteiger partial charge on any atom is 0.328 e. The monoisotopic (exact) mass is 357 g/mol. The van der Waals surface area contributed by atoms with Gasteiger partial charge in [0.1, 0.15) is 11.8 Å². The molecule has 7 nitrogen and oxygen atoms in total. The number of esters is 1. The lowest BCUT2D eigenvalue weighted by molar-refractivity contribution is -0.144. The van der Waals surface area contributed by atoms with Crippen LogP contribution in [0, 0.1) is 0 Å². The third-order valence-corrected chi connectivity index (χ3v) is 3.60. The van der Waals surface area contributed by atoms with Gasteiger partial charge < -0.3 is 25.4 Å². The summed E-state index contributed by atoms with van der Waals surface area (Å²) in [6.07, 6.45) is 2.84. The summed E-state index contributed by atoms with van der Waals surface area (Å²) in [5, 5.41) is 30.6. The number of carbonyl (C=O) groups excluding carboxylic acids is 2. The lowest BCUT2D eigenvalue weighted by Crippen LogP contribution is -2.42. The van der Waals surface area contributed by atoms with Crippen molar-refractivity contribution in [3.05, 3.63) is 59.7 Å². The van der Waals surface area contributed by atoms with E-state index in [4.69, 9.17) is 4.74 Å². The highest BCUT2D eigenvalue weighted by Crippen LogP contribution is 2.25. The van der Waals surface area contributed by atoms with Gasteiger partial charge in [-0.05, 0) is 41.5 Å². The van der Waals surface area contributed by atoms with E-state index in [-0.39, 0.29) is 23.7 Å². The molecule has 1 atom stereocenters. The molecule has 0 fully saturated rings. The number of ether oxygens (including phenoxy) is 1. The summed E-state index contributed by atoms with van der Waals surface area (Å²) in [5.74, 6) is -1.57. The molecule has 136 valence electrons. The quantitative estimate of drug-likeness (QED) is 0.355. The molecule has 2 rings (SSSR count). The van der Waals surface area contributed by atoms with Crippen molar-refractivity contribution in [2.24, 2.45) is 0 Å². The smallest absolute Gasteiger partial charge is 0.328 e. The fourth-order valence-corrected chi connectivity index (χ4v) is 2.24. The summed E-state index contributed by atoms with van der Waals surface area (Å²) in [6, 6.07) is 9.50. The van der Waals surface area contributed by atoms with Gasteiger partial charge in [0, 0.05) is 12.5 Å². The molecule has 7 heteroatoms. The molecule has 0 saturated heterocycles. The first-order valence-corrected chi connectivity index (χ1v) is 7.75. The number of phenolic OH excluding ortho intramolecular Hbond substituents is 3. The third-order valence-electron chi connectivity index (χ3n) is 3.60. The molecule has 2 aromatic rings. The standard InChI is InChI=1S/C19H19NO6/c1-26-19(25)15(10-12-2-6-14(21)7-3-12)20-18(24)9-5-13-4-8-16(22)17(23)11-13/h2-9,11,15,21-23H,10H2,1H3,(H,20,24)/b9-5+/t15-/m0/s1. The highest BCUT2D eigenvalue weighted by Gasteiger charge is 2.21. The Morgan fingerprint density at radius 1 is 1.08 bits per heavy atom. The Kier molecular flexibility index (Phi) is 6.21. The van der Waals surface area contributed by atoms with E-state index in [9.17, 15) is 24.9 Å². The SMILES string of the molecule is COC(=O)[C@H](Cc1ccc(O)cc1)NC(=O)/C=C/c1ccc(O)c(O)c1. The number of nitrogens with one attached hydrogen (secondary N) is 1. The Labute approximate surface area is 150 Å². The molecule has 0 aromatic heterocycles. The molecule has 0 spiro atoms. The summed E-state index contributed by atoms with van der Waals surface area (Å²) in [4.78, 5) is 24.0. The van der Waals surface area contributed by atoms with Gasteiger partial charge in [-0.15, -0.1) is 0 Å². The lowest BCUT2D eigenvalue weighted by Gasteiger charge is -2.15. The Hall–Kier alpha value is -3.48. The Morgan fingerprint density at radius 2 is 1.77 bits per heavy atom. The van der Waals surface area contributed by atoms with Crippen molar-refractivity contribution in [2.45, 2.75) is 12.5 Å². The van der Waals surface area contributed by atoms with Crippen LogP contribution in [0.25, 0.3) is 6.08 Å². The minimum absolute atomic E-state index is 0.104. The van der Waals surface area contributed by atoms with Gasteiger partial charge in [0.15, 0.2) is 11.5 Å². The second-order valence-electron chi connectivity index (χ2n) is 5.54. The summed E-state index contributed by atoms with van der Waals surface area (Å²) in [7, 11) is 1.23. The summed E-state index contributed by atoms with van der Waals surface area (Å²) in [5.41, 5.74) is 1.24. The fourth-order valence-electron chi connectivity index (χ4n) is 2.24. The minimum atomic E-state index is -0.894. The molecule has 0 unspecified atom stereocenters. The van der Waals surface area contributed by atoms with Crippen LogP contribution < -0.4 is 5.32 Å². The number of hydrogen-bond donors (Lipinski definition) is 4. The topological polar surface area (TPSA) is 116 Å². The van der Waals surface area contributed by atoms with E-state index in [1.54, 1.807) is 12.1 Å². The van der Waals surface area contributed by atoms with E-state index in [2.05, 4.69) is 5.32 Å². The van der Waals surface area contributed by atoms with Crippen molar-refractivity contribution in [2.75, 3.05) is 7.11 Å². The van der Waals surface area contributed by atoms with Gasteiger partial charge in [0.2, 0.25) is 5.91 Å². The second kappa shape index (κ2) is 8.57. The van der Waals surface area contributed by atoms with Gasteiger partial charge in [0.05, 0.1) is 7.11 Å². The molecule has 1 amide bonds. The van der Waals surface area contributed by atoms with Crippen LogP contribution in [0.4, 0.5) is 0 Å². The van der Waals surface area contributed by atoms with Crippen LogP contribution in [-0.2, 0) is 20.7 Å². The number of rotatable bonds is 6. The van der Waals surface area contributed by atoms with Crippen LogP contribution in [0.1, 0.15) is 11.1 Å². The van der Waals surface area contributed by atoms with E-state index < -0.39 is 17.9 Å². The zero-order chi connectivity index (χ0) is 19.1. The predicted molar refractivity (Wildman–Crippen MR) is 94.6 cm³/mol. The first kappa shape index (κ1) is 18.9. The number of amides is 1. The average molecular weight is 357 g/mol. The van der Waals surface area contributed by atoms with Crippen LogP contribution in [0.3, 0.4) is 0 Å². The number of methoxy groups -OCH3 is 1. The Morgan fingerprint density at radius 3 is 2.38 bits per heavy atom. The molecular formula is C19H19NO6. The average Bonchev–Trinajstić information content (AvgIpc) is 2.63. The molecular weight excluding hydrogens is 338 g/mol. The van der Waals surface area contributed by atoms with E-state index >= 15 is 0 Å². The molecule has 0 heterocycles. The van der Waals surface area contributed by atoms with Crippen molar-refractivity contribution >= 4 is 18.0 Å². The normalized spacial score (nSPS) is 11.9. The van der Waals surface area contributed by atoms with E-state index in [1.807, 2.05) is 0 Å². The second-order valence-corrected chi connectivity index (χ2v) is 5.54. The predicted octanol–water partition coefficient (Wildman–Crippen LogP) is 1.72. The molecule has 0 bridgehead atoms. The number of phenols is 3. The first-order chi connectivity index (χ1) is 12.4. The molecule has 0 aliphatic rings. The van der Waals surface area contributed by atoms with Crippen molar-refractivity contribution in [3.63, 3.8) is 0 Å². The van der Waals surface area contributed by atoms with Gasteiger partial charge in [-0.3, -0.25) is 4.79 Å². The number of hydrogen-bond acceptors (Lipinski definition) is 6. The van der Waals surface area contributed by atoms with Crippen LogP contribution in [0.5, 0.6) is 17.2 Å².